The van der Waals surface area contributed by atoms with Gasteiger partial charge in [0.05, 0.1) is 28.5 Å². The van der Waals surface area contributed by atoms with E-state index in [4.69, 9.17) is 21.3 Å². The van der Waals surface area contributed by atoms with Crippen molar-refractivity contribution < 1.29 is 9.53 Å². The Bertz CT molecular complexity index is 2150. The van der Waals surface area contributed by atoms with Crippen molar-refractivity contribution in [3.05, 3.63) is 136 Å². The van der Waals surface area contributed by atoms with E-state index in [1.807, 2.05) is 49.4 Å². The van der Waals surface area contributed by atoms with E-state index in [1.165, 1.54) is 16.9 Å². The molecule has 0 aliphatic carbocycles. The van der Waals surface area contributed by atoms with Gasteiger partial charge in [-0.3, -0.25) is 9.36 Å². The molecule has 8 heteroatoms. The molecule has 0 unspecified atom stereocenters. The Balaban J connectivity index is 1.55. The molecule has 3 heterocycles. The molecule has 0 saturated carbocycles. The van der Waals surface area contributed by atoms with Crippen molar-refractivity contribution >= 4 is 45.9 Å². The third kappa shape index (κ3) is 5.71. The number of thiazole rings is 1. The molecule has 2 aromatic heterocycles. The fourth-order valence-electron chi connectivity index (χ4n) is 6.08. The van der Waals surface area contributed by atoms with E-state index in [1.54, 1.807) is 11.5 Å². The minimum Gasteiger partial charge on any atom is -0.463 e. The van der Waals surface area contributed by atoms with Crippen LogP contribution in [0.2, 0.25) is 5.02 Å². The summed E-state index contributed by atoms with van der Waals surface area (Å²) in [6.07, 6.45) is 1.99. The number of aryl methyl sites for hydroxylation is 1. The van der Waals surface area contributed by atoms with Gasteiger partial charge in [0.1, 0.15) is 0 Å². The number of esters is 1. The molecule has 6 nitrogen and oxygen atoms in total. The number of carbonyl (C=O) groups excluding carboxylic acids is 1. The predicted molar refractivity (Wildman–Crippen MR) is 183 cm³/mol. The first-order valence-electron chi connectivity index (χ1n) is 15.2. The fraction of sp³-hybridized carbons (Fsp3) is 0.270. The van der Waals surface area contributed by atoms with Crippen LogP contribution in [0.1, 0.15) is 73.2 Å². The Morgan fingerprint density at radius 3 is 2.42 bits per heavy atom. The highest BCUT2D eigenvalue weighted by molar-refractivity contribution is 7.07. The maximum atomic E-state index is 14.3. The monoisotopic (exact) mass is 637 g/mol. The van der Waals surface area contributed by atoms with Crippen LogP contribution >= 0.6 is 22.9 Å². The summed E-state index contributed by atoms with van der Waals surface area (Å²) in [5.41, 5.74) is 8.21. The lowest BCUT2D eigenvalue weighted by Crippen LogP contribution is -2.40. The maximum Gasteiger partial charge on any atom is 0.338 e. The van der Waals surface area contributed by atoms with E-state index in [2.05, 4.69) is 62.6 Å². The number of fused-ring (bicyclic) bond motifs is 2. The van der Waals surface area contributed by atoms with Crippen LogP contribution in [-0.4, -0.2) is 21.7 Å². The quantitative estimate of drug-likeness (QED) is 0.177. The van der Waals surface area contributed by atoms with Gasteiger partial charge in [-0.1, -0.05) is 84.8 Å². The highest BCUT2D eigenvalue weighted by Crippen LogP contribution is 2.32. The lowest BCUT2D eigenvalue weighted by molar-refractivity contribution is -0.139. The van der Waals surface area contributed by atoms with Gasteiger partial charge in [0.2, 0.25) is 0 Å². The summed E-state index contributed by atoms with van der Waals surface area (Å²) in [6.45, 7) is 13.0. The van der Waals surface area contributed by atoms with Gasteiger partial charge < -0.3 is 9.30 Å². The lowest BCUT2D eigenvalue weighted by Gasteiger charge is -2.25. The van der Waals surface area contributed by atoms with Gasteiger partial charge >= 0.3 is 5.97 Å². The first-order valence-corrected chi connectivity index (χ1v) is 16.4. The van der Waals surface area contributed by atoms with Gasteiger partial charge in [-0.25, -0.2) is 9.79 Å². The van der Waals surface area contributed by atoms with Crippen molar-refractivity contribution in [3.8, 4) is 0 Å². The van der Waals surface area contributed by atoms with Crippen molar-refractivity contribution in [1.82, 2.24) is 9.13 Å². The molecular weight excluding hydrogens is 602 g/mol. The van der Waals surface area contributed by atoms with Gasteiger partial charge in [-0.05, 0) is 80.6 Å². The third-order valence-electron chi connectivity index (χ3n) is 8.49. The van der Waals surface area contributed by atoms with Crippen LogP contribution in [-0.2, 0) is 16.1 Å². The highest BCUT2D eigenvalue weighted by atomic mass is 35.5. The van der Waals surface area contributed by atoms with Crippen LogP contribution in [0.3, 0.4) is 0 Å². The molecule has 0 radical (unpaired) electrons. The molecule has 230 valence electrons. The zero-order chi connectivity index (χ0) is 32.0. The van der Waals surface area contributed by atoms with Crippen molar-refractivity contribution in [1.29, 1.82) is 0 Å². The van der Waals surface area contributed by atoms with E-state index in [0.717, 1.165) is 38.9 Å². The molecule has 5 aromatic rings. The molecule has 0 fully saturated rings. The molecule has 1 aliphatic rings. The summed E-state index contributed by atoms with van der Waals surface area (Å²) < 4.78 is 9.97. The third-order valence-corrected chi connectivity index (χ3v) is 9.73. The zero-order valence-corrected chi connectivity index (χ0v) is 27.9. The molecule has 6 rings (SSSR count). The second kappa shape index (κ2) is 12.3. The first-order chi connectivity index (χ1) is 21.6. The van der Waals surface area contributed by atoms with E-state index >= 15 is 0 Å². The molecular formula is C37H36ClN3O3S. The fourth-order valence-corrected chi connectivity index (χ4v) is 7.24. The molecule has 1 atom stereocenters. The summed E-state index contributed by atoms with van der Waals surface area (Å²) in [6, 6.07) is 21.8. The van der Waals surface area contributed by atoms with E-state index in [-0.39, 0.29) is 12.2 Å². The standard InChI is InChI=1S/C37H36ClN3O3S/c1-7-44-36(43)33-23(5)39-37-41(34(33)27-13-11-26(12-14-27)21(2)3)35(42)32(45-37)19-29-24(6)40(20-25-9-15-28(38)16-10-25)31-17-8-22(4)18-30(29)31/h8-19,21,34H,7,20H2,1-6H3/b32-19-/t34-/m0/s1. The van der Waals surface area contributed by atoms with E-state index in [9.17, 15) is 9.59 Å². The van der Waals surface area contributed by atoms with Crippen LogP contribution in [0.5, 0.6) is 0 Å². The number of hydrogen-bond donors (Lipinski definition) is 0. The van der Waals surface area contributed by atoms with Gasteiger partial charge in [-0.15, -0.1) is 0 Å². The number of carbonyl (C=O) groups is 1. The molecule has 0 spiro atoms. The average Bonchev–Trinajstić information content (AvgIpc) is 3.45. The van der Waals surface area contributed by atoms with Crippen molar-refractivity contribution in [2.75, 3.05) is 6.61 Å². The second-order valence-electron chi connectivity index (χ2n) is 11.9. The Kier molecular flexibility index (Phi) is 8.42. The van der Waals surface area contributed by atoms with Crippen molar-refractivity contribution in [2.24, 2.45) is 4.99 Å². The van der Waals surface area contributed by atoms with Gasteiger partial charge in [0.25, 0.3) is 5.56 Å². The molecule has 0 N–H and O–H groups in total. The summed E-state index contributed by atoms with van der Waals surface area (Å²) in [5.74, 6) is -0.0981. The highest BCUT2D eigenvalue weighted by Gasteiger charge is 2.33. The molecule has 1 aliphatic heterocycles. The smallest absolute Gasteiger partial charge is 0.338 e. The average molecular weight is 638 g/mol. The first kappa shape index (κ1) is 30.8. The number of allylic oxidation sites excluding steroid dienone is 1. The van der Waals surface area contributed by atoms with Crippen LogP contribution < -0.4 is 14.9 Å². The van der Waals surface area contributed by atoms with Crippen LogP contribution in [0.25, 0.3) is 17.0 Å². The number of benzene rings is 3. The van der Waals surface area contributed by atoms with Crippen molar-refractivity contribution in [2.45, 2.75) is 60.0 Å². The number of aromatic nitrogens is 2. The number of rotatable bonds is 7. The summed E-state index contributed by atoms with van der Waals surface area (Å²) in [7, 11) is 0. The Morgan fingerprint density at radius 2 is 1.76 bits per heavy atom. The van der Waals surface area contributed by atoms with Crippen molar-refractivity contribution in [3.63, 3.8) is 0 Å². The molecule has 45 heavy (non-hydrogen) atoms. The topological polar surface area (TPSA) is 65.6 Å². The Morgan fingerprint density at radius 1 is 1.04 bits per heavy atom. The normalized spacial score (nSPS) is 15.1. The predicted octanol–water partition coefficient (Wildman–Crippen LogP) is 7.19. The molecule has 0 amide bonds. The zero-order valence-electron chi connectivity index (χ0n) is 26.3. The number of ether oxygens (including phenoxy) is 1. The van der Waals surface area contributed by atoms with Crippen LogP contribution in [0.15, 0.2) is 87.8 Å². The van der Waals surface area contributed by atoms with Crippen LogP contribution in [0, 0.1) is 13.8 Å². The molecule has 0 bridgehead atoms. The summed E-state index contributed by atoms with van der Waals surface area (Å²) >= 11 is 7.50. The number of halogens is 1. The van der Waals surface area contributed by atoms with Gasteiger partial charge in [0, 0.05) is 33.7 Å². The second-order valence-corrected chi connectivity index (χ2v) is 13.3. The lowest BCUT2D eigenvalue weighted by atomic mass is 9.93. The van der Waals surface area contributed by atoms with Crippen LogP contribution in [0.4, 0.5) is 0 Å². The number of nitrogens with zero attached hydrogens (tertiary/aromatic N) is 3. The number of hydrogen-bond acceptors (Lipinski definition) is 5. The summed E-state index contributed by atoms with van der Waals surface area (Å²) in [5, 5.41) is 1.78. The summed E-state index contributed by atoms with van der Waals surface area (Å²) in [4.78, 5) is 33.0. The Labute approximate surface area is 271 Å². The molecule has 0 saturated heterocycles. The molecule has 3 aromatic carbocycles. The van der Waals surface area contributed by atoms with Gasteiger partial charge in [-0.2, -0.15) is 0 Å². The largest absolute Gasteiger partial charge is 0.463 e. The SMILES string of the molecule is CCOC(=O)C1=C(C)N=c2s/c(=C\c3c(C)n(Cc4ccc(Cl)cc4)c4ccc(C)cc34)c(=O)n2[C@H]1c1ccc(C(C)C)cc1. The maximum absolute atomic E-state index is 14.3. The minimum atomic E-state index is -0.641. The van der Waals surface area contributed by atoms with E-state index < -0.39 is 12.0 Å². The van der Waals surface area contributed by atoms with E-state index in [0.29, 0.717) is 38.1 Å². The minimum absolute atomic E-state index is 0.184. The van der Waals surface area contributed by atoms with Gasteiger partial charge in [0.15, 0.2) is 4.80 Å². The Hall–Kier alpha value is -4.20.